The van der Waals surface area contributed by atoms with Crippen molar-refractivity contribution >= 4 is 91.3 Å². The third kappa shape index (κ3) is 6.76. The number of hydrogen-bond acceptors (Lipinski definition) is 2. The van der Waals surface area contributed by atoms with Crippen LogP contribution in [-0.4, -0.2) is 21.0 Å². The second-order valence-electron chi connectivity index (χ2n) is 5.06. The van der Waals surface area contributed by atoms with E-state index in [-0.39, 0.29) is 5.11 Å². The van der Waals surface area contributed by atoms with Crippen molar-refractivity contribution in [3.8, 4) is 0 Å². The highest BCUT2D eigenvalue weighted by molar-refractivity contribution is 9.10. The second-order valence-corrected chi connectivity index (χ2v) is 9.19. The summed E-state index contributed by atoms with van der Waals surface area (Å²) in [5.41, 5.74) is 1.06. The predicted molar refractivity (Wildman–Crippen MR) is 116 cm³/mol. The maximum atomic E-state index is 12.4. The first-order valence-electron chi connectivity index (χ1n) is 7.11. The predicted octanol–water partition coefficient (Wildman–Crippen LogP) is 5.52. The molecule has 0 aromatic heterocycles. The molecule has 0 saturated carbocycles. The third-order valence-corrected chi connectivity index (χ3v) is 4.71. The van der Waals surface area contributed by atoms with Crippen LogP contribution in [0.25, 0.3) is 0 Å². The number of amides is 1. The van der Waals surface area contributed by atoms with Crippen LogP contribution in [0.4, 0.5) is 5.69 Å². The molecule has 10 heteroatoms. The summed E-state index contributed by atoms with van der Waals surface area (Å²) in [5, 5.41) is 8.91. The van der Waals surface area contributed by atoms with Gasteiger partial charge in [0.1, 0.15) is 6.17 Å². The van der Waals surface area contributed by atoms with Crippen LogP contribution in [0.15, 0.2) is 53.0 Å². The van der Waals surface area contributed by atoms with Gasteiger partial charge in [0.15, 0.2) is 5.11 Å². The van der Waals surface area contributed by atoms with E-state index in [9.17, 15) is 4.79 Å². The number of rotatable bonds is 4. The maximum absolute atomic E-state index is 12.4. The summed E-state index contributed by atoms with van der Waals surface area (Å²) >= 11 is 32.4. The molecule has 2 rings (SSSR count). The molecule has 2 aromatic rings. The molecule has 0 heterocycles. The molecule has 0 aliphatic rings. The standard InChI is InChI=1S/C16H12BrCl4N3OS/c17-10-4-6-12(7-5-10)22-15(26)24-14(16(19,20)21)23-13(25)9-2-1-3-11(18)8-9/h1-8,14H,(H,23,25)(H2,22,24,26)/t14-/m0/s1. The lowest BCUT2D eigenvalue weighted by Crippen LogP contribution is -2.56. The summed E-state index contributed by atoms with van der Waals surface area (Å²) in [6.07, 6.45) is -1.07. The van der Waals surface area contributed by atoms with Crippen molar-refractivity contribution in [2.75, 3.05) is 5.32 Å². The van der Waals surface area contributed by atoms with Gasteiger partial charge >= 0.3 is 0 Å². The van der Waals surface area contributed by atoms with E-state index < -0.39 is 15.9 Å². The van der Waals surface area contributed by atoms with Gasteiger partial charge < -0.3 is 16.0 Å². The van der Waals surface area contributed by atoms with Gasteiger partial charge in [0, 0.05) is 20.7 Å². The Bertz CT molecular complexity index is 799. The molecule has 0 aliphatic heterocycles. The van der Waals surface area contributed by atoms with Gasteiger partial charge in [-0.25, -0.2) is 0 Å². The number of alkyl halides is 3. The highest BCUT2D eigenvalue weighted by atomic mass is 79.9. The Labute approximate surface area is 184 Å². The highest BCUT2D eigenvalue weighted by Gasteiger charge is 2.34. The molecule has 0 fully saturated rings. The van der Waals surface area contributed by atoms with Crippen molar-refractivity contribution < 1.29 is 4.79 Å². The SMILES string of the molecule is O=C(N[C@@H](NC(=S)Nc1ccc(Br)cc1)C(Cl)(Cl)Cl)c1cccc(Cl)c1. The Morgan fingerprint density at radius 3 is 2.31 bits per heavy atom. The average Bonchev–Trinajstić information content (AvgIpc) is 2.55. The molecular formula is C16H12BrCl4N3OS. The number of thiocarbonyl (C=S) groups is 1. The fourth-order valence-electron chi connectivity index (χ4n) is 1.88. The first-order valence-corrected chi connectivity index (χ1v) is 9.83. The average molecular weight is 516 g/mol. The molecule has 26 heavy (non-hydrogen) atoms. The number of benzene rings is 2. The van der Waals surface area contributed by atoms with E-state index in [1.165, 1.54) is 6.07 Å². The summed E-state index contributed by atoms with van der Waals surface area (Å²) in [4.78, 5) is 12.4. The van der Waals surface area contributed by atoms with Crippen molar-refractivity contribution in [3.63, 3.8) is 0 Å². The highest BCUT2D eigenvalue weighted by Crippen LogP contribution is 2.29. The van der Waals surface area contributed by atoms with Crippen LogP contribution in [0.3, 0.4) is 0 Å². The monoisotopic (exact) mass is 513 g/mol. The van der Waals surface area contributed by atoms with Gasteiger partial charge in [-0.2, -0.15) is 0 Å². The zero-order chi connectivity index (χ0) is 19.3. The lowest BCUT2D eigenvalue weighted by Gasteiger charge is -2.27. The molecule has 4 nitrogen and oxygen atoms in total. The summed E-state index contributed by atoms with van der Waals surface area (Å²) in [5.74, 6) is -0.470. The summed E-state index contributed by atoms with van der Waals surface area (Å²) in [7, 11) is 0. The first kappa shape index (κ1) is 21.5. The van der Waals surface area contributed by atoms with E-state index in [4.69, 9.17) is 58.6 Å². The van der Waals surface area contributed by atoms with Crippen molar-refractivity contribution in [1.82, 2.24) is 10.6 Å². The molecule has 0 unspecified atom stereocenters. The Morgan fingerprint density at radius 2 is 1.73 bits per heavy atom. The van der Waals surface area contributed by atoms with Crippen LogP contribution >= 0.6 is 74.6 Å². The van der Waals surface area contributed by atoms with Crippen LogP contribution in [-0.2, 0) is 0 Å². The molecular weight excluding hydrogens is 504 g/mol. The smallest absolute Gasteiger partial charge is 0.253 e. The zero-order valence-corrected chi connectivity index (χ0v) is 18.3. The molecule has 138 valence electrons. The largest absolute Gasteiger partial charge is 0.339 e. The first-order chi connectivity index (χ1) is 12.1. The Balaban J connectivity index is 2.06. The molecule has 0 radical (unpaired) electrons. The van der Waals surface area contributed by atoms with Crippen LogP contribution in [0.5, 0.6) is 0 Å². The molecule has 1 amide bonds. The fraction of sp³-hybridized carbons (Fsp3) is 0.125. The van der Waals surface area contributed by atoms with E-state index in [1.54, 1.807) is 18.2 Å². The molecule has 2 aromatic carbocycles. The minimum Gasteiger partial charge on any atom is -0.339 e. The van der Waals surface area contributed by atoms with Gasteiger partial charge in [-0.1, -0.05) is 68.4 Å². The van der Waals surface area contributed by atoms with Crippen molar-refractivity contribution in [2.24, 2.45) is 0 Å². The van der Waals surface area contributed by atoms with Gasteiger partial charge in [-0.3, -0.25) is 4.79 Å². The second kappa shape index (κ2) is 9.44. The van der Waals surface area contributed by atoms with Gasteiger partial charge in [0.25, 0.3) is 5.91 Å². The van der Waals surface area contributed by atoms with Crippen LogP contribution in [0.2, 0.25) is 5.02 Å². The minimum absolute atomic E-state index is 0.176. The van der Waals surface area contributed by atoms with Crippen LogP contribution < -0.4 is 16.0 Å². The Kier molecular flexibility index (Phi) is 7.82. The van der Waals surface area contributed by atoms with Crippen molar-refractivity contribution in [3.05, 3.63) is 63.6 Å². The normalized spacial score (nSPS) is 12.2. The third-order valence-electron chi connectivity index (χ3n) is 3.07. The lowest BCUT2D eigenvalue weighted by atomic mass is 10.2. The Hall–Kier alpha value is -0.760. The Morgan fingerprint density at radius 1 is 1.08 bits per heavy atom. The molecule has 3 N–H and O–H groups in total. The number of hydrogen-bond donors (Lipinski definition) is 3. The van der Waals surface area contributed by atoms with Gasteiger partial charge in [-0.05, 0) is 54.7 Å². The summed E-state index contributed by atoms with van der Waals surface area (Å²) in [6, 6.07) is 13.7. The maximum Gasteiger partial charge on any atom is 0.253 e. The number of carbonyl (C=O) groups excluding carboxylic acids is 1. The summed E-state index contributed by atoms with van der Waals surface area (Å²) in [6.45, 7) is 0. The van der Waals surface area contributed by atoms with E-state index in [0.717, 1.165) is 10.2 Å². The van der Waals surface area contributed by atoms with Gasteiger partial charge in [0.05, 0.1) is 0 Å². The van der Waals surface area contributed by atoms with E-state index in [0.29, 0.717) is 10.6 Å². The van der Waals surface area contributed by atoms with Crippen LogP contribution in [0, 0.1) is 0 Å². The zero-order valence-electron chi connectivity index (χ0n) is 12.9. The van der Waals surface area contributed by atoms with E-state index in [1.807, 2.05) is 24.3 Å². The summed E-state index contributed by atoms with van der Waals surface area (Å²) < 4.78 is -0.922. The number of anilines is 1. The lowest BCUT2D eigenvalue weighted by molar-refractivity contribution is 0.0934. The van der Waals surface area contributed by atoms with Gasteiger partial charge in [-0.15, -0.1) is 0 Å². The van der Waals surface area contributed by atoms with E-state index >= 15 is 0 Å². The quantitative estimate of drug-likeness (QED) is 0.285. The number of halogens is 5. The fourth-order valence-corrected chi connectivity index (χ4v) is 2.89. The number of nitrogens with one attached hydrogen (secondary N) is 3. The van der Waals surface area contributed by atoms with Gasteiger partial charge in [0.2, 0.25) is 3.79 Å². The molecule has 0 aliphatic carbocycles. The van der Waals surface area contributed by atoms with E-state index in [2.05, 4.69) is 31.9 Å². The molecule has 0 bridgehead atoms. The number of carbonyl (C=O) groups is 1. The molecule has 0 saturated heterocycles. The molecule has 0 spiro atoms. The van der Waals surface area contributed by atoms with Crippen molar-refractivity contribution in [1.29, 1.82) is 0 Å². The topological polar surface area (TPSA) is 53.2 Å². The van der Waals surface area contributed by atoms with Crippen molar-refractivity contribution in [2.45, 2.75) is 9.96 Å². The van der Waals surface area contributed by atoms with Crippen LogP contribution in [0.1, 0.15) is 10.4 Å². The minimum atomic E-state index is -1.85. The molecule has 1 atom stereocenters.